The Morgan fingerprint density at radius 1 is 1.11 bits per heavy atom. The van der Waals surface area contributed by atoms with Gasteiger partial charge in [-0.2, -0.15) is 0 Å². The molecule has 3 rings (SSSR count). The average molecular weight is 515 g/mol. The Morgan fingerprint density at radius 2 is 1.76 bits per heavy atom. The average Bonchev–Trinajstić information content (AvgIpc) is 3.30. The van der Waals surface area contributed by atoms with Crippen molar-refractivity contribution in [2.24, 2.45) is 5.92 Å². The summed E-state index contributed by atoms with van der Waals surface area (Å²) in [6, 6.07) is 3.74. The maximum atomic E-state index is 13.1. The molecule has 1 aliphatic rings. The number of nitrogens with zero attached hydrogens (tertiary/aromatic N) is 4. The third kappa shape index (κ3) is 7.08. The van der Waals surface area contributed by atoms with Gasteiger partial charge in [0.25, 0.3) is 0 Å². The lowest BCUT2D eigenvalue weighted by Crippen LogP contribution is -2.44. The molecule has 2 atom stereocenters. The minimum absolute atomic E-state index is 0.0390. The third-order valence-electron chi connectivity index (χ3n) is 5.89. The van der Waals surface area contributed by atoms with Crippen LogP contribution in [0, 0.1) is 5.92 Å². The first-order valence-electron chi connectivity index (χ1n) is 12.6. The van der Waals surface area contributed by atoms with Crippen LogP contribution in [-0.2, 0) is 24.4 Å². The van der Waals surface area contributed by atoms with Crippen molar-refractivity contribution in [1.29, 1.82) is 0 Å². The van der Waals surface area contributed by atoms with E-state index >= 15 is 0 Å². The Balaban J connectivity index is 1.73. The van der Waals surface area contributed by atoms with Crippen molar-refractivity contribution in [2.45, 2.75) is 84.3 Å². The van der Waals surface area contributed by atoms with Crippen LogP contribution < -0.4 is 0 Å². The molecule has 1 fully saturated rings. The van der Waals surface area contributed by atoms with Gasteiger partial charge in [0.1, 0.15) is 16.6 Å². The first-order chi connectivity index (χ1) is 17.3. The van der Waals surface area contributed by atoms with Crippen molar-refractivity contribution in [3.8, 4) is 5.69 Å². The zero-order valence-electron chi connectivity index (χ0n) is 22.8. The molecule has 10 heteroatoms. The van der Waals surface area contributed by atoms with Crippen LogP contribution in [0.2, 0.25) is 0 Å². The lowest BCUT2D eigenvalue weighted by Gasteiger charge is -2.28. The number of hydrogen-bond donors (Lipinski definition) is 0. The Bertz CT molecular complexity index is 1070. The molecule has 0 aliphatic heterocycles. The molecule has 2 amide bonds. The molecule has 10 nitrogen and oxygen atoms in total. The van der Waals surface area contributed by atoms with Crippen molar-refractivity contribution in [2.75, 3.05) is 13.2 Å². The zero-order chi connectivity index (χ0) is 27.4. The standard InChI is InChI=1S/C27H38N4O6/c1-8-35-22(32)27(21-17-30(18-29-21)20-12-9-13-28-16-20)15-19(27)11-10-14-31(23(33)36-25(2,3)4)24(34)37-26(5,6)7/h9,12-13,16-19H,8,10-11,14-15H2,1-7H3/t19-,27+/m0/s1. The summed E-state index contributed by atoms with van der Waals surface area (Å²) < 4.78 is 18.1. The summed E-state index contributed by atoms with van der Waals surface area (Å²) in [4.78, 5) is 48.3. The molecule has 0 bridgehead atoms. The van der Waals surface area contributed by atoms with Gasteiger partial charge in [-0.1, -0.05) is 0 Å². The summed E-state index contributed by atoms with van der Waals surface area (Å²) in [6.45, 7) is 12.6. The van der Waals surface area contributed by atoms with Gasteiger partial charge in [0.05, 0.1) is 30.5 Å². The Morgan fingerprint density at radius 3 is 2.30 bits per heavy atom. The fourth-order valence-corrected chi connectivity index (χ4v) is 4.19. The van der Waals surface area contributed by atoms with E-state index < -0.39 is 28.8 Å². The van der Waals surface area contributed by atoms with E-state index in [9.17, 15) is 14.4 Å². The molecule has 0 N–H and O–H groups in total. The second-order valence-electron chi connectivity index (χ2n) is 11.2. The third-order valence-corrected chi connectivity index (χ3v) is 5.89. The first kappa shape index (κ1) is 28.1. The van der Waals surface area contributed by atoms with Gasteiger partial charge in [-0.25, -0.2) is 19.5 Å². The van der Waals surface area contributed by atoms with Gasteiger partial charge in [0.15, 0.2) is 0 Å². The molecule has 0 radical (unpaired) electrons. The molecule has 37 heavy (non-hydrogen) atoms. The summed E-state index contributed by atoms with van der Waals surface area (Å²) in [5.41, 5.74) is -0.912. The van der Waals surface area contributed by atoms with E-state index in [4.69, 9.17) is 14.2 Å². The summed E-state index contributed by atoms with van der Waals surface area (Å²) >= 11 is 0. The monoisotopic (exact) mass is 514 g/mol. The number of hydrogen-bond acceptors (Lipinski definition) is 8. The molecule has 1 aliphatic carbocycles. The van der Waals surface area contributed by atoms with Gasteiger partial charge in [-0.3, -0.25) is 9.78 Å². The van der Waals surface area contributed by atoms with Crippen LogP contribution in [0.5, 0.6) is 0 Å². The van der Waals surface area contributed by atoms with Gasteiger partial charge in [-0.05, 0) is 85.8 Å². The van der Waals surface area contributed by atoms with E-state index in [2.05, 4.69) is 9.97 Å². The maximum Gasteiger partial charge on any atom is 0.419 e. The number of imide groups is 1. The van der Waals surface area contributed by atoms with Crippen LogP contribution in [-0.4, -0.2) is 61.9 Å². The van der Waals surface area contributed by atoms with Crippen LogP contribution in [0.25, 0.3) is 5.69 Å². The number of amides is 2. The maximum absolute atomic E-state index is 13.1. The summed E-state index contributed by atoms with van der Waals surface area (Å²) in [5, 5.41) is 0. The highest BCUT2D eigenvalue weighted by Gasteiger charge is 2.63. The smallest absolute Gasteiger partial charge is 0.419 e. The van der Waals surface area contributed by atoms with E-state index in [0.717, 1.165) is 10.6 Å². The second-order valence-corrected chi connectivity index (χ2v) is 11.2. The lowest BCUT2D eigenvalue weighted by molar-refractivity contribution is -0.146. The summed E-state index contributed by atoms with van der Waals surface area (Å²) in [7, 11) is 0. The molecule has 2 aromatic rings. The Hall–Kier alpha value is -3.43. The summed E-state index contributed by atoms with van der Waals surface area (Å²) in [5.74, 6) is -0.351. The SMILES string of the molecule is CCOC(=O)[C@]1(c2cn(-c3cccnc3)cn2)C[C@@H]1CCCN(C(=O)OC(C)(C)C)C(=O)OC(C)(C)C. The van der Waals surface area contributed by atoms with Crippen LogP contribution in [0.4, 0.5) is 9.59 Å². The molecule has 0 spiro atoms. The Kier molecular flexibility index (Phi) is 8.29. The largest absolute Gasteiger partial charge is 0.465 e. The van der Waals surface area contributed by atoms with Crippen molar-refractivity contribution >= 4 is 18.2 Å². The number of rotatable bonds is 8. The van der Waals surface area contributed by atoms with Crippen LogP contribution >= 0.6 is 0 Å². The van der Waals surface area contributed by atoms with E-state index in [1.165, 1.54) is 0 Å². The van der Waals surface area contributed by atoms with Gasteiger partial charge < -0.3 is 18.8 Å². The second kappa shape index (κ2) is 10.9. The van der Waals surface area contributed by atoms with Crippen molar-refractivity contribution < 1.29 is 28.6 Å². The number of ether oxygens (including phenoxy) is 3. The highest BCUT2D eigenvalue weighted by molar-refractivity contribution is 5.88. The fraction of sp³-hybridized carbons (Fsp3) is 0.593. The van der Waals surface area contributed by atoms with E-state index in [-0.39, 0.29) is 25.0 Å². The van der Waals surface area contributed by atoms with Crippen LogP contribution in [0.3, 0.4) is 0 Å². The molecular formula is C27H38N4O6. The number of imidazole rings is 1. The predicted octanol–water partition coefficient (Wildman–Crippen LogP) is 5.04. The predicted molar refractivity (Wildman–Crippen MR) is 136 cm³/mol. The van der Waals surface area contributed by atoms with Crippen molar-refractivity contribution in [3.63, 3.8) is 0 Å². The number of aromatic nitrogens is 3. The molecule has 0 aromatic carbocycles. The number of pyridine rings is 1. The van der Waals surface area contributed by atoms with Gasteiger partial charge in [-0.15, -0.1) is 0 Å². The van der Waals surface area contributed by atoms with Crippen LogP contribution in [0.15, 0.2) is 37.1 Å². The highest BCUT2D eigenvalue weighted by atomic mass is 16.6. The minimum Gasteiger partial charge on any atom is -0.465 e. The van der Waals surface area contributed by atoms with Crippen molar-refractivity contribution in [1.82, 2.24) is 19.4 Å². The van der Waals surface area contributed by atoms with E-state index in [0.29, 0.717) is 25.0 Å². The molecule has 0 saturated heterocycles. The van der Waals surface area contributed by atoms with Gasteiger partial charge in [0, 0.05) is 18.9 Å². The number of esters is 1. The number of carbonyl (C=O) groups is 3. The molecule has 2 aromatic heterocycles. The van der Waals surface area contributed by atoms with E-state index in [1.54, 1.807) is 67.2 Å². The normalized spacial score (nSPS) is 19.2. The van der Waals surface area contributed by atoms with Crippen molar-refractivity contribution in [3.05, 3.63) is 42.7 Å². The quantitative estimate of drug-likeness (QED) is 0.356. The Labute approximate surface area is 218 Å². The molecular weight excluding hydrogens is 476 g/mol. The number of carbonyl (C=O) groups excluding carboxylic acids is 3. The van der Waals surface area contributed by atoms with Gasteiger partial charge >= 0.3 is 18.2 Å². The highest BCUT2D eigenvalue weighted by Crippen LogP contribution is 2.57. The van der Waals surface area contributed by atoms with Gasteiger partial charge in [0.2, 0.25) is 0 Å². The summed E-state index contributed by atoms with van der Waals surface area (Å²) in [6.07, 6.45) is 7.01. The fourth-order valence-electron chi connectivity index (χ4n) is 4.19. The molecule has 202 valence electrons. The van der Waals surface area contributed by atoms with Crippen LogP contribution in [0.1, 0.15) is 73.4 Å². The zero-order valence-corrected chi connectivity index (χ0v) is 22.8. The van der Waals surface area contributed by atoms with E-state index in [1.807, 2.05) is 22.9 Å². The topological polar surface area (TPSA) is 113 Å². The molecule has 1 saturated carbocycles. The first-order valence-corrected chi connectivity index (χ1v) is 12.6. The molecule has 0 unspecified atom stereocenters. The molecule has 2 heterocycles. The lowest BCUT2D eigenvalue weighted by atomic mass is 9.97. The minimum atomic E-state index is -0.855.